The Morgan fingerprint density at radius 2 is 1.88 bits per heavy atom. The van der Waals surface area contributed by atoms with Crippen molar-refractivity contribution in [3.8, 4) is 0 Å². The maximum Gasteiger partial charge on any atom is 0.0359 e. The number of nitrogen functional groups attached to an aromatic ring is 1. The second kappa shape index (κ2) is 4.69. The van der Waals surface area contributed by atoms with Crippen molar-refractivity contribution in [2.24, 2.45) is 5.41 Å². The van der Waals surface area contributed by atoms with Gasteiger partial charge >= 0.3 is 0 Å². The summed E-state index contributed by atoms with van der Waals surface area (Å²) >= 11 is 0. The van der Waals surface area contributed by atoms with Crippen LogP contribution in [0.2, 0.25) is 0 Å². The number of likely N-dealkylation sites (tertiary alicyclic amines) is 1. The third kappa shape index (κ3) is 3.22. The summed E-state index contributed by atoms with van der Waals surface area (Å²) in [6.45, 7) is 10.3. The Balaban J connectivity index is 2.00. The van der Waals surface area contributed by atoms with Crippen molar-refractivity contribution in [3.05, 3.63) is 29.3 Å². The molecular weight excluding hydrogens is 208 g/mol. The molecule has 0 saturated carbocycles. The quantitative estimate of drug-likeness (QED) is 0.793. The van der Waals surface area contributed by atoms with E-state index in [1.807, 2.05) is 6.07 Å². The summed E-state index contributed by atoms with van der Waals surface area (Å²) in [6, 6.07) is 6.33. The van der Waals surface area contributed by atoms with Crippen molar-refractivity contribution in [1.82, 2.24) is 4.90 Å². The van der Waals surface area contributed by atoms with Crippen LogP contribution in [0.1, 0.15) is 37.8 Å². The van der Waals surface area contributed by atoms with Gasteiger partial charge in [-0.2, -0.15) is 0 Å². The summed E-state index contributed by atoms with van der Waals surface area (Å²) in [4.78, 5) is 2.52. The smallest absolute Gasteiger partial charge is 0.0359 e. The van der Waals surface area contributed by atoms with Crippen LogP contribution in [0.4, 0.5) is 5.69 Å². The molecule has 0 unspecified atom stereocenters. The number of nitrogens with two attached hydrogens (primary N) is 1. The van der Waals surface area contributed by atoms with Crippen LogP contribution in [-0.4, -0.2) is 18.0 Å². The predicted octanol–water partition coefficient (Wildman–Crippen LogP) is 3.20. The SMILES string of the molecule is Cc1ccc(N)c(CN2CCC(C)(C)CC2)c1. The van der Waals surface area contributed by atoms with Gasteiger partial charge in [-0.15, -0.1) is 0 Å². The highest BCUT2D eigenvalue weighted by Crippen LogP contribution is 2.30. The van der Waals surface area contributed by atoms with Gasteiger partial charge in [0.15, 0.2) is 0 Å². The molecule has 2 N–H and O–H groups in total. The molecule has 0 amide bonds. The first-order valence-electron chi connectivity index (χ1n) is 6.54. The van der Waals surface area contributed by atoms with Crippen LogP contribution >= 0.6 is 0 Å². The minimum absolute atomic E-state index is 0.522. The van der Waals surface area contributed by atoms with Crippen LogP contribution in [0.5, 0.6) is 0 Å². The van der Waals surface area contributed by atoms with E-state index in [0.717, 1.165) is 12.2 Å². The van der Waals surface area contributed by atoms with Crippen molar-refractivity contribution < 1.29 is 0 Å². The maximum absolute atomic E-state index is 6.03. The normalized spacial score (nSPS) is 20.4. The lowest BCUT2D eigenvalue weighted by molar-refractivity contribution is 0.127. The monoisotopic (exact) mass is 232 g/mol. The molecule has 2 rings (SSSR count). The summed E-state index contributed by atoms with van der Waals surface area (Å²) in [5.74, 6) is 0. The predicted molar refractivity (Wildman–Crippen MR) is 73.9 cm³/mol. The summed E-state index contributed by atoms with van der Waals surface area (Å²) in [6.07, 6.45) is 2.58. The van der Waals surface area contributed by atoms with E-state index in [4.69, 9.17) is 5.73 Å². The van der Waals surface area contributed by atoms with E-state index in [0.29, 0.717) is 5.41 Å². The highest BCUT2D eigenvalue weighted by molar-refractivity contribution is 5.48. The lowest BCUT2D eigenvalue weighted by atomic mass is 9.82. The number of rotatable bonds is 2. The summed E-state index contributed by atoms with van der Waals surface area (Å²) in [7, 11) is 0. The van der Waals surface area contributed by atoms with Crippen molar-refractivity contribution in [2.45, 2.75) is 40.2 Å². The molecule has 0 radical (unpaired) electrons. The van der Waals surface area contributed by atoms with Crippen LogP contribution in [0.15, 0.2) is 18.2 Å². The van der Waals surface area contributed by atoms with Crippen LogP contribution in [-0.2, 0) is 6.54 Å². The molecule has 2 heteroatoms. The zero-order valence-electron chi connectivity index (χ0n) is 11.3. The zero-order chi connectivity index (χ0) is 12.5. The Hall–Kier alpha value is -1.02. The topological polar surface area (TPSA) is 29.3 Å². The van der Waals surface area contributed by atoms with Gasteiger partial charge in [0.2, 0.25) is 0 Å². The van der Waals surface area contributed by atoms with E-state index in [9.17, 15) is 0 Å². The van der Waals surface area contributed by atoms with Crippen LogP contribution in [0.25, 0.3) is 0 Å². The number of hydrogen-bond donors (Lipinski definition) is 1. The van der Waals surface area contributed by atoms with Gasteiger partial charge in [0.05, 0.1) is 0 Å². The molecule has 1 heterocycles. The van der Waals surface area contributed by atoms with Gasteiger partial charge in [0.25, 0.3) is 0 Å². The molecule has 1 aliphatic heterocycles. The van der Waals surface area contributed by atoms with Gasteiger partial charge < -0.3 is 5.73 Å². The minimum Gasteiger partial charge on any atom is -0.398 e. The fraction of sp³-hybridized carbons (Fsp3) is 0.600. The lowest BCUT2D eigenvalue weighted by Crippen LogP contribution is -2.36. The van der Waals surface area contributed by atoms with Crippen molar-refractivity contribution in [3.63, 3.8) is 0 Å². The Morgan fingerprint density at radius 3 is 2.53 bits per heavy atom. The molecule has 1 saturated heterocycles. The summed E-state index contributed by atoms with van der Waals surface area (Å²) < 4.78 is 0. The van der Waals surface area contributed by atoms with E-state index in [2.05, 4.69) is 37.8 Å². The number of hydrogen-bond acceptors (Lipinski definition) is 2. The highest BCUT2D eigenvalue weighted by Gasteiger charge is 2.25. The first-order chi connectivity index (χ1) is 7.96. The molecule has 1 aliphatic rings. The Labute approximate surface area is 105 Å². The summed E-state index contributed by atoms with van der Waals surface area (Å²) in [5, 5.41) is 0. The van der Waals surface area contributed by atoms with E-state index >= 15 is 0 Å². The number of piperidine rings is 1. The first kappa shape index (κ1) is 12.4. The van der Waals surface area contributed by atoms with Gasteiger partial charge in [-0.1, -0.05) is 31.5 Å². The third-order valence-corrected chi connectivity index (χ3v) is 3.90. The number of aryl methyl sites for hydroxylation is 1. The molecule has 1 aromatic rings. The second-order valence-corrected chi connectivity index (χ2v) is 6.14. The molecule has 0 atom stereocenters. The number of anilines is 1. The Bertz CT molecular complexity index is 386. The van der Waals surface area contributed by atoms with Gasteiger partial charge in [-0.05, 0) is 49.9 Å². The lowest BCUT2D eigenvalue weighted by Gasteiger charge is -2.37. The van der Waals surface area contributed by atoms with Crippen molar-refractivity contribution in [2.75, 3.05) is 18.8 Å². The van der Waals surface area contributed by atoms with E-state index in [1.54, 1.807) is 0 Å². The molecule has 0 bridgehead atoms. The molecule has 0 spiro atoms. The molecule has 94 valence electrons. The van der Waals surface area contributed by atoms with Gasteiger partial charge in [0.1, 0.15) is 0 Å². The molecular formula is C15H24N2. The largest absolute Gasteiger partial charge is 0.398 e. The maximum atomic E-state index is 6.03. The zero-order valence-corrected chi connectivity index (χ0v) is 11.3. The molecule has 17 heavy (non-hydrogen) atoms. The molecule has 0 aliphatic carbocycles. The van der Waals surface area contributed by atoms with Crippen molar-refractivity contribution >= 4 is 5.69 Å². The minimum atomic E-state index is 0.522. The fourth-order valence-corrected chi connectivity index (χ4v) is 2.43. The Kier molecular flexibility index (Phi) is 3.43. The van der Waals surface area contributed by atoms with E-state index < -0.39 is 0 Å². The van der Waals surface area contributed by atoms with Crippen LogP contribution in [0, 0.1) is 12.3 Å². The highest BCUT2D eigenvalue weighted by atomic mass is 15.1. The summed E-state index contributed by atoms with van der Waals surface area (Å²) in [5.41, 5.74) is 10.1. The molecule has 1 aromatic carbocycles. The third-order valence-electron chi connectivity index (χ3n) is 3.90. The van der Waals surface area contributed by atoms with Crippen LogP contribution < -0.4 is 5.73 Å². The van der Waals surface area contributed by atoms with E-state index in [-0.39, 0.29) is 0 Å². The Morgan fingerprint density at radius 1 is 1.24 bits per heavy atom. The first-order valence-corrected chi connectivity index (χ1v) is 6.54. The average molecular weight is 232 g/mol. The van der Waals surface area contributed by atoms with E-state index in [1.165, 1.54) is 37.1 Å². The standard InChI is InChI=1S/C15H24N2/c1-12-4-5-14(16)13(10-12)11-17-8-6-15(2,3)7-9-17/h4-5,10H,6-9,11,16H2,1-3H3. The number of benzene rings is 1. The van der Waals surface area contributed by atoms with Crippen molar-refractivity contribution in [1.29, 1.82) is 0 Å². The molecule has 0 aromatic heterocycles. The molecule has 2 nitrogen and oxygen atoms in total. The molecule has 1 fully saturated rings. The average Bonchev–Trinajstić information content (AvgIpc) is 2.26. The fourth-order valence-electron chi connectivity index (χ4n) is 2.43. The van der Waals surface area contributed by atoms with Crippen LogP contribution in [0.3, 0.4) is 0 Å². The second-order valence-electron chi connectivity index (χ2n) is 6.14. The van der Waals surface area contributed by atoms with Gasteiger partial charge in [-0.25, -0.2) is 0 Å². The van der Waals surface area contributed by atoms with Gasteiger partial charge in [0, 0.05) is 12.2 Å². The van der Waals surface area contributed by atoms with Gasteiger partial charge in [-0.3, -0.25) is 4.90 Å². The number of nitrogens with zero attached hydrogens (tertiary/aromatic N) is 1.